The maximum Gasteiger partial charge on any atom is 0.336 e. The molecule has 0 bridgehead atoms. The lowest BCUT2D eigenvalue weighted by Gasteiger charge is -2.14. The van der Waals surface area contributed by atoms with Gasteiger partial charge >= 0.3 is 5.63 Å². The second-order valence-corrected chi connectivity index (χ2v) is 5.51. The van der Waals surface area contributed by atoms with Gasteiger partial charge in [0.25, 0.3) is 0 Å². The van der Waals surface area contributed by atoms with Gasteiger partial charge in [0.2, 0.25) is 0 Å². The number of ketones is 1. The van der Waals surface area contributed by atoms with Crippen LogP contribution >= 0.6 is 0 Å². The molecular weight excluding hydrogens is 284 g/mol. The highest BCUT2D eigenvalue weighted by atomic mass is 16.4. The Bertz CT molecular complexity index is 773. The Hall–Kier alpha value is -2.30. The Morgan fingerprint density at radius 2 is 1.91 bits per heavy atom. The predicted octanol–water partition coefficient (Wildman–Crippen LogP) is 3.39. The molecule has 0 amide bonds. The third-order valence-corrected chi connectivity index (χ3v) is 3.88. The van der Waals surface area contributed by atoms with Crippen molar-refractivity contribution in [1.29, 1.82) is 0 Å². The van der Waals surface area contributed by atoms with Gasteiger partial charge < -0.3 is 14.6 Å². The minimum absolute atomic E-state index is 0.0289. The summed E-state index contributed by atoms with van der Waals surface area (Å²) < 4.78 is 5.16. The van der Waals surface area contributed by atoms with Crippen LogP contribution in [0.25, 0.3) is 11.0 Å². The van der Waals surface area contributed by atoms with Crippen LogP contribution in [-0.2, 0) is 6.42 Å². The zero-order chi connectivity index (χ0) is 16.4. The van der Waals surface area contributed by atoms with Gasteiger partial charge in [0.15, 0.2) is 11.4 Å². The van der Waals surface area contributed by atoms with E-state index in [9.17, 15) is 19.8 Å². The first-order valence-electron chi connectivity index (χ1n) is 7.46. The molecule has 1 atom stereocenters. The number of benzene rings is 1. The number of carbonyl (C=O) groups is 1. The average molecular weight is 304 g/mol. The molecule has 2 N–H and O–H groups in total. The Kier molecular flexibility index (Phi) is 4.54. The Morgan fingerprint density at radius 3 is 2.50 bits per heavy atom. The van der Waals surface area contributed by atoms with Gasteiger partial charge in [-0.15, -0.1) is 0 Å². The summed E-state index contributed by atoms with van der Waals surface area (Å²) in [4.78, 5) is 24.3. The summed E-state index contributed by atoms with van der Waals surface area (Å²) in [7, 11) is 0. The molecule has 0 aliphatic rings. The van der Waals surface area contributed by atoms with E-state index < -0.39 is 5.63 Å². The largest absolute Gasteiger partial charge is 0.507 e. The Balaban J connectivity index is 2.88. The molecule has 2 aromatic rings. The van der Waals surface area contributed by atoms with Crippen molar-refractivity contribution in [2.45, 2.75) is 40.0 Å². The van der Waals surface area contributed by atoms with Gasteiger partial charge in [-0.3, -0.25) is 4.79 Å². The van der Waals surface area contributed by atoms with Crippen LogP contribution in [0.5, 0.6) is 11.5 Å². The van der Waals surface area contributed by atoms with E-state index in [-0.39, 0.29) is 34.3 Å². The standard InChI is InChI=1S/C17H20O5/c1-4-6-10-7-13(20)22-17-14(10)11(18)8-12(19)15(17)16(21)9(3)5-2/h7-9,18-19H,4-6H2,1-3H3. The van der Waals surface area contributed by atoms with Crippen LogP contribution in [0.1, 0.15) is 49.5 Å². The molecule has 0 fully saturated rings. The summed E-state index contributed by atoms with van der Waals surface area (Å²) in [6.45, 7) is 5.55. The van der Waals surface area contributed by atoms with E-state index in [1.807, 2.05) is 13.8 Å². The molecule has 0 saturated carbocycles. The molecule has 1 heterocycles. The summed E-state index contributed by atoms with van der Waals surface area (Å²) in [6, 6.07) is 2.46. The van der Waals surface area contributed by atoms with E-state index in [1.54, 1.807) is 6.92 Å². The normalized spacial score (nSPS) is 12.5. The summed E-state index contributed by atoms with van der Waals surface area (Å²) in [6.07, 6.45) is 1.93. The highest BCUT2D eigenvalue weighted by molar-refractivity contribution is 6.11. The summed E-state index contributed by atoms with van der Waals surface area (Å²) in [5.74, 6) is -1.19. The van der Waals surface area contributed by atoms with Crippen molar-refractivity contribution >= 4 is 16.8 Å². The molecule has 5 nitrogen and oxygen atoms in total. The quantitative estimate of drug-likeness (QED) is 0.653. The van der Waals surface area contributed by atoms with E-state index in [1.165, 1.54) is 6.07 Å². The number of rotatable bonds is 5. The lowest BCUT2D eigenvalue weighted by Crippen LogP contribution is -2.12. The van der Waals surface area contributed by atoms with Crippen LogP contribution in [-0.4, -0.2) is 16.0 Å². The van der Waals surface area contributed by atoms with Gasteiger partial charge in [0, 0.05) is 18.1 Å². The number of aromatic hydroxyl groups is 2. The molecule has 22 heavy (non-hydrogen) atoms. The zero-order valence-electron chi connectivity index (χ0n) is 13.0. The molecular formula is C17H20O5. The molecule has 0 aliphatic carbocycles. The number of phenols is 2. The minimum atomic E-state index is -0.598. The number of hydrogen-bond acceptors (Lipinski definition) is 5. The highest BCUT2D eigenvalue weighted by Gasteiger charge is 2.25. The molecule has 2 rings (SSSR count). The van der Waals surface area contributed by atoms with Crippen LogP contribution in [0.4, 0.5) is 0 Å². The Labute approximate surface area is 128 Å². The fourth-order valence-electron chi connectivity index (χ4n) is 2.52. The predicted molar refractivity (Wildman–Crippen MR) is 83.6 cm³/mol. The fourth-order valence-corrected chi connectivity index (χ4v) is 2.52. The third kappa shape index (κ3) is 2.71. The van der Waals surface area contributed by atoms with Crippen LogP contribution in [0.15, 0.2) is 21.3 Å². The summed E-state index contributed by atoms with van der Waals surface area (Å²) >= 11 is 0. The number of hydrogen-bond donors (Lipinski definition) is 2. The van der Waals surface area contributed by atoms with Crippen molar-refractivity contribution in [3.05, 3.63) is 33.7 Å². The SMILES string of the molecule is CCCc1cc(=O)oc2c(C(=O)C(C)CC)c(O)cc(O)c12. The maximum absolute atomic E-state index is 12.5. The molecule has 1 aromatic carbocycles. The number of phenolic OH excluding ortho intramolecular Hbond substituents is 2. The fraction of sp³-hybridized carbons (Fsp3) is 0.412. The molecule has 1 aromatic heterocycles. The second-order valence-electron chi connectivity index (χ2n) is 5.51. The van der Waals surface area contributed by atoms with Gasteiger partial charge in [-0.2, -0.15) is 0 Å². The topological polar surface area (TPSA) is 87.7 Å². The lowest BCUT2D eigenvalue weighted by molar-refractivity contribution is 0.0925. The molecule has 0 spiro atoms. The number of fused-ring (bicyclic) bond motifs is 1. The van der Waals surface area contributed by atoms with E-state index in [2.05, 4.69) is 0 Å². The molecule has 1 unspecified atom stereocenters. The van der Waals surface area contributed by atoms with Gasteiger partial charge in [-0.05, 0) is 18.4 Å². The van der Waals surface area contributed by atoms with E-state index >= 15 is 0 Å². The minimum Gasteiger partial charge on any atom is -0.507 e. The van der Waals surface area contributed by atoms with E-state index in [0.29, 0.717) is 23.8 Å². The van der Waals surface area contributed by atoms with Crippen LogP contribution < -0.4 is 5.63 Å². The lowest BCUT2D eigenvalue weighted by atomic mass is 9.93. The van der Waals surface area contributed by atoms with Crippen LogP contribution in [0.2, 0.25) is 0 Å². The van der Waals surface area contributed by atoms with Crippen molar-refractivity contribution < 1.29 is 19.4 Å². The number of carbonyl (C=O) groups excluding carboxylic acids is 1. The molecule has 5 heteroatoms. The monoisotopic (exact) mass is 304 g/mol. The molecule has 0 aliphatic heterocycles. The highest BCUT2D eigenvalue weighted by Crippen LogP contribution is 2.37. The van der Waals surface area contributed by atoms with Crippen molar-refractivity contribution in [2.75, 3.05) is 0 Å². The first-order chi connectivity index (χ1) is 10.4. The van der Waals surface area contributed by atoms with Crippen molar-refractivity contribution in [1.82, 2.24) is 0 Å². The van der Waals surface area contributed by atoms with E-state index in [4.69, 9.17) is 4.42 Å². The molecule has 118 valence electrons. The van der Waals surface area contributed by atoms with Crippen LogP contribution in [0.3, 0.4) is 0 Å². The van der Waals surface area contributed by atoms with Gasteiger partial charge in [0.05, 0.1) is 5.39 Å². The maximum atomic E-state index is 12.5. The van der Waals surface area contributed by atoms with Gasteiger partial charge in [0.1, 0.15) is 17.1 Å². The van der Waals surface area contributed by atoms with Gasteiger partial charge in [-0.1, -0.05) is 27.2 Å². The number of Topliss-reactive ketones (excluding diaryl/α,β-unsaturated/α-hetero) is 1. The summed E-state index contributed by atoms with van der Waals surface area (Å²) in [5, 5.41) is 20.5. The summed E-state index contributed by atoms with van der Waals surface area (Å²) in [5.41, 5.74) is -0.0421. The van der Waals surface area contributed by atoms with Crippen LogP contribution in [0, 0.1) is 5.92 Å². The zero-order valence-corrected chi connectivity index (χ0v) is 13.0. The average Bonchev–Trinajstić information content (AvgIpc) is 2.45. The molecule has 0 radical (unpaired) electrons. The smallest absolute Gasteiger partial charge is 0.336 e. The first kappa shape index (κ1) is 16.1. The first-order valence-corrected chi connectivity index (χ1v) is 7.46. The van der Waals surface area contributed by atoms with Gasteiger partial charge in [-0.25, -0.2) is 4.79 Å². The third-order valence-electron chi connectivity index (χ3n) is 3.88. The van der Waals surface area contributed by atoms with Crippen molar-refractivity contribution in [2.24, 2.45) is 5.92 Å². The Morgan fingerprint density at radius 1 is 1.23 bits per heavy atom. The number of aryl methyl sites for hydroxylation is 1. The van der Waals surface area contributed by atoms with Crippen molar-refractivity contribution in [3.8, 4) is 11.5 Å². The second kappa shape index (κ2) is 6.22. The molecule has 0 saturated heterocycles. The van der Waals surface area contributed by atoms with Crippen molar-refractivity contribution in [3.63, 3.8) is 0 Å². The van der Waals surface area contributed by atoms with E-state index in [0.717, 1.165) is 12.5 Å².